The number of carbonyl (C=O) groups excluding carboxylic acids is 1. The van der Waals surface area contributed by atoms with E-state index in [0.717, 1.165) is 16.7 Å². The third-order valence-electron chi connectivity index (χ3n) is 5.09. The van der Waals surface area contributed by atoms with E-state index < -0.39 is 17.3 Å². The largest absolute Gasteiger partial charge is 0.496 e. The van der Waals surface area contributed by atoms with Gasteiger partial charge in [-0.15, -0.1) is 0 Å². The number of hydrogen-bond acceptors (Lipinski definition) is 3. The molecule has 1 aliphatic rings. The number of para-hydroxylation sites is 1. The second kappa shape index (κ2) is 6.83. The molecule has 2 aromatic rings. The van der Waals surface area contributed by atoms with Crippen LogP contribution in [0.3, 0.4) is 0 Å². The van der Waals surface area contributed by atoms with E-state index in [2.05, 4.69) is 0 Å². The normalized spacial score (nSPS) is 16.7. The van der Waals surface area contributed by atoms with E-state index in [1.807, 2.05) is 62.4 Å². The predicted octanol–water partition coefficient (Wildman–Crippen LogP) is 3.18. The average Bonchev–Trinajstić information content (AvgIpc) is 2.66. The number of benzene rings is 2. The molecule has 0 bridgehead atoms. The van der Waals surface area contributed by atoms with Gasteiger partial charge in [-0.1, -0.05) is 42.5 Å². The topological polar surface area (TPSA) is 66.8 Å². The maximum Gasteiger partial charge on any atom is 0.312 e. The van der Waals surface area contributed by atoms with Gasteiger partial charge >= 0.3 is 5.97 Å². The molecule has 1 unspecified atom stereocenters. The molecule has 0 radical (unpaired) electrons. The molecule has 1 aliphatic heterocycles. The minimum atomic E-state index is -0.912. The smallest absolute Gasteiger partial charge is 0.312 e. The molecule has 26 heavy (non-hydrogen) atoms. The van der Waals surface area contributed by atoms with Gasteiger partial charge in [0.05, 0.1) is 18.4 Å². The Morgan fingerprint density at radius 2 is 1.77 bits per heavy atom. The lowest BCUT2D eigenvalue weighted by atomic mass is 9.81. The van der Waals surface area contributed by atoms with Crippen molar-refractivity contribution in [3.63, 3.8) is 0 Å². The Labute approximate surface area is 153 Å². The molecule has 5 heteroatoms. The van der Waals surface area contributed by atoms with Crippen LogP contribution < -0.4 is 4.74 Å². The fourth-order valence-corrected chi connectivity index (χ4v) is 3.64. The number of carboxylic acid groups (broad SMARTS) is 1. The van der Waals surface area contributed by atoms with E-state index in [0.29, 0.717) is 12.3 Å². The SMILES string of the molecule is COc1ccccc1C(C)(C)C(=O)N1Cc2ccccc2C(C(=O)O)C1. The van der Waals surface area contributed by atoms with Gasteiger partial charge in [-0.3, -0.25) is 9.59 Å². The predicted molar refractivity (Wildman–Crippen MR) is 98.3 cm³/mol. The summed E-state index contributed by atoms with van der Waals surface area (Å²) in [6.45, 7) is 4.29. The van der Waals surface area contributed by atoms with Gasteiger partial charge in [-0.25, -0.2) is 0 Å². The minimum absolute atomic E-state index is 0.109. The highest BCUT2D eigenvalue weighted by molar-refractivity contribution is 5.89. The number of methoxy groups -OCH3 is 1. The van der Waals surface area contributed by atoms with E-state index in [9.17, 15) is 14.7 Å². The van der Waals surface area contributed by atoms with Crippen LogP contribution in [0.2, 0.25) is 0 Å². The Morgan fingerprint density at radius 1 is 1.12 bits per heavy atom. The number of aliphatic carboxylic acids is 1. The van der Waals surface area contributed by atoms with Crippen molar-refractivity contribution in [2.45, 2.75) is 31.7 Å². The maximum atomic E-state index is 13.3. The zero-order valence-electron chi connectivity index (χ0n) is 15.2. The van der Waals surface area contributed by atoms with Gasteiger partial charge in [0.2, 0.25) is 5.91 Å². The van der Waals surface area contributed by atoms with Crippen LogP contribution in [0.1, 0.15) is 36.5 Å². The van der Waals surface area contributed by atoms with Crippen LogP contribution in [0.15, 0.2) is 48.5 Å². The summed E-state index contributed by atoms with van der Waals surface area (Å²) in [5.74, 6) is -1.08. The number of fused-ring (bicyclic) bond motifs is 1. The van der Waals surface area contributed by atoms with Gasteiger partial charge < -0.3 is 14.7 Å². The molecular formula is C21H23NO4. The first kappa shape index (κ1) is 18.0. The van der Waals surface area contributed by atoms with Crippen molar-refractivity contribution in [1.82, 2.24) is 4.90 Å². The van der Waals surface area contributed by atoms with Gasteiger partial charge in [0.15, 0.2) is 0 Å². The molecule has 0 aliphatic carbocycles. The van der Waals surface area contributed by atoms with Crippen LogP contribution >= 0.6 is 0 Å². The Kier molecular flexibility index (Phi) is 4.72. The number of amides is 1. The van der Waals surface area contributed by atoms with E-state index in [-0.39, 0.29) is 12.5 Å². The Morgan fingerprint density at radius 3 is 2.46 bits per heavy atom. The standard InChI is InChI=1S/C21H23NO4/c1-21(2,17-10-6-7-11-18(17)26-3)20(25)22-12-14-8-4-5-9-15(14)16(13-22)19(23)24/h4-11,16H,12-13H2,1-3H3,(H,23,24). The van der Waals surface area contributed by atoms with Crippen LogP contribution in [0.4, 0.5) is 0 Å². The van der Waals surface area contributed by atoms with Crippen molar-refractivity contribution < 1.29 is 19.4 Å². The zero-order chi connectivity index (χ0) is 18.9. The molecule has 0 aromatic heterocycles. The van der Waals surface area contributed by atoms with Crippen molar-refractivity contribution >= 4 is 11.9 Å². The second-order valence-corrected chi connectivity index (χ2v) is 7.10. The molecule has 1 heterocycles. The summed E-state index contributed by atoms with van der Waals surface area (Å²) in [6.07, 6.45) is 0. The quantitative estimate of drug-likeness (QED) is 0.917. The van der Waals surface area contributed by atoms with Gasteiger partial charge in [0.25, 0.3) is 0 Å². The fraction of sp³-hybridized carbons (Fsp3) is 0.333. The Balaban J connectivity index is 1.96. The average molecular weight is 353 g/mol. The number of carbonyl (C=O) groups is 2. The van der Waals surface area contributed by atoms with Gasteiger partial charge in [0.1, 0.15) is 5.75 Å². The lowest BCUT2D eigenvalue weighted by molar-refractivity contribution is -0.143. The van der Waals surface area contributed by atoms with Crippen LogP contribution in [-0.2, 0) is 21.5 Å². The molecule has 0 saturated heterocycles. The van der Waals surface area contributed by atoms with Gasteiger partial charge in [-0.2, -0.15) is 0 Å². The summed E-state index contributed by atoms with van der Waals surface area (Å²) in [4.78, 5) is 26.7. The molecule has 1 amide bonds. The number of carboxylic acids is 1. The second-order valence-electron chi connectivity index (χ2n) is 7.10. The fourth-order valence-electron chi connectivity index (χ4n) is 3.64. The highest BCUT2D eigenvalue weighted by Crippen LogP contribution is 2.36. The van der Waals surface area contributed by atoms with Crippen LogP contribution in [0.5, 0.6) is 5.75 Å². The number of nitrogens with zero attached hydrogens (tertiary/aromatic N) is 1. The maximum absolute atomic E-state index is 13.3. The molecule has 0 saturated carbocycles. The Hall–Kier alpha value is -2.82. The third-order valence-corrected chi connectivity index (χ3v) is 5.09. The zero-order valence-corrected chi connectivity index (χ0v) is 15.2. The van der Waals surface area contributed by atoms with Crippen molar-refractivity contribution in [3.8, 4) is 5.75 Å². The summed E-state index contributed by atoms with van der Waals surface area (Å²) in [6, 6.07) is 14.9. The van der Waals surface area contributed by atoms with Crippen molar-refractivity contribution in [1.29, 1.82) is 0 Å². The van der Waals surface area contributed by atoms with E-state index >= 15 is 0 Å². The molecule has 3 rings (SSSR count). The summed E-state index contributed by atoms with van der Waals surface area (Å²) < 4.78 is 5.42. The lowest BCUT2D eigenvalue weighted by Gasteiger charge is -2.38. The Bertz CT molecular complexity index is 843. The van der Waals surface area contributed by atoms with Crippen molar-refractivity contribution in [2.24, 2.45) is 0 Å². The first-order valence-corrected chi connectivity index (χ1v) is 8.59. The van der Waals surface area contributed by atoms with Crippen molar-refractivity contribution in [3.05, 3.63) is 65.2 Å². The molecular weight excluding hydrogens is 330 g/mol. The monoisotopic (exact) mass is 353 g/mol. The molecule has 136 valence electrons. The van der Waals surface area contributed by atoms with E-state index in [4.69, 9.17) is 4.74 Å². The molecule has 0 spiro atoms. The van der Waals surface area contributed by atoms with Crippen molar-refractivity contribution in [2.75, 3.05) is 13.7 Å². The molecule has 1 atom stereocenters. The number of hydrogen-bond donors (Lipinski definition) is 1. The van der Waals surface area contributed by atoms with E-state index in [1.54, 1.807) is 12.0 Å². The number of rotatable bonds is 4. The lowest BCUT2D eigenvalue weighted by Crippen LogP contribution is -2.48. The summed E-state index contributed by atoms with van der Waals surface area (Å²) >= 11 is 0. The molecule has 5 nitrogen and oxygen atoms in total. The van der Waals surface area contributed by atoms with Gasteiger partial charge in [0, 0.05) is 18.7 Å². The highest BCUT2D eigenvalue weighted by atomic mass is 16.5. The highest BCUT2D eigenvalue weighted by Gasteiger charge is 2.40. The summed E-state index contributed by atoms with van der Waals surface area (Å²) in [7, 11) is 1.58. The third kappa shape index (κ3) is 3.05. The molecule has 2 aromatic carbocycles. The first-order valence-electron chi connectivity index (χ1n) is 8.59. The molecule has 0 fully saturated rings. The summed E-state index contributed by atoms with van der Waals surface area (Å²) in [5, 5.41) is 9.63. The van der Waals surface area contributed by atoms with E-state index in [1.165, 1.54) is 0 Å². The van der Waals surface area contributed by atoms with Crippen LogP contribution in [0.25, 0.3) is 0 Å². The number of ether oxygens (including phenoxy) is 1. The molecule has 1 N–H and O–H groups in total. The van der Waals surface area contributed by atoms with Crippen LogP contribution in [0, 0.1) is 0 Å². The summed E-state index contributed by atoms with van der Waals surface area (Å²) in [5.41, 5.74) is 1.63. The first-order chi connectivity index (χ1) is 12.4. The minimum Gasteiger partial charge on any atom is -0.496 e. The van der Waals surface area contributed by atoms with Gasteiger partial charge in [-0.05, 0) is 31.0 Å². The van der Waals surface area contributed by atoms with Crippen LogP contribution in [-0.4, -0.2) is 35.5 Å².